The molecular formula is C14H17NO4. The van der Waals surface area contributed by atoms with Crippen LogP contribution in [0.25, 0.3) is 0 Å². The van der Waals surface area contributed by atoms with Gasteiger partial charge in [-0.15, -0.1) is 0 Å². The molecule has 1 aromatic rings. The molecule has 1 atom stereocenters. The fourth-order valence-corrected chi connectivity index (χ4v) is 1.77. The van der Waals surface area contributed by atoms with Crippen LogP contribution in [0.2, 0.25) is 0 Å². The molecule has 19 heavy (non-hydrogen) atoms. The standard InChI is InChI=1S/C14H17NO4/c1-4-10(15-13(17)8(2)3)12-9(14(18)19)6-5-7-11(12)16/h5-7,10,16H,2,4H2,1,3H3,(H,15,17)(H,18,19). The van der Waals surface area contributed by atoms with Gasteiger partial charge in [-0.25, -0.2) is 4.79 Å². The Hall–Kier alpha value is -2.30. The molecule has 102 valence electrons. The van der Waals surface area contributed by atoms with Gasteiger partial charge in [-0.05, 0) is 25.5 Å². The Labute approximate surface area is 111 Å². The van der Waals surface area contributed by atoms with Crippen LogP contribution in [0.3, 0.4) is 0 Å². The van der Waals surface area contributed by atoms with Crippen LogP contribution in [0.15, 0.2) is 30.4 Å². The Bertz CT molecular complexity index is 522. The summed E-state index contributed by atoms with van der Waals surface area (Å²) in [5.41, 5.74) is 0.520. The van der Waals surface area contributed by atoms with E-state index in [9.17, 15) is 14.7 Å². The molecule has 1 amide bonds. The van der Waals surface area contributed by atoms with E-state index in [4.69, 9.17) is 5.11 Å². The molecule has 0 saturated heterocycles. The summed E-state index contributed by atoms with van der Waals surface area (Å²) >= 11 is 0. The fraction of sp³-hybridized carbons (Fsp3) is 0.286. The lowest BCUT2D eigenvalue weighted by Gasteiger charge is -2.20. The lowest BCUT2D eigenvalue weighted by atomic mass is 9.97. The number of carboxylic acid groups (broad SMARTS) is 1. The number of carbonyl (C=O) groups is 2. The minimum Gasteiger partial charge on any atom is -0.508 e. The van der Waals surface area contributed by atoms with Gasteiger partial charge >= 0.3 is 5.97 Å². The van der Waals surface area contributed by atoms with Crippen LogP contribution >= 0.6 is 0 Å². The van der Waals surface area contributed by atoms with Gasteiger partial charge in [0.1, 0.15) is 5.75 Å². The van der Waals surface area contributed by atoms with E-state index >= 15 is 0 Å². The Morgan fingerprint density at radius 2 is 2.05 bits per heavy atom. The number of aromatic carboxylic acids is 1. The molecule has 0 aliphatic heterocycles. The van der Waals surface area contributed by atoms with Crippen LogP contribution in [-0.4, -0.2) is 22.1 Å². The van der Waals surface area contributed by atoms with Crippen LogP contribution in [-0.2, 0) is 4.79 Å². The summed E-state index contributed by atoms with van der Waals surface area (Å²) in [5, 5.41) is 21.6. The van der Waals surface area contributed by atoms with Gasteiger partial charge < -0.3 is 15.5 Å². The molecule has 3 N–H and O–H groups in total. The van der Waals surface area contributed by atoms with E-state index in [1.165, 1.54) is 18.2 Å². The van der Waals surface area contributed by atoms with Crippen molar-refractivity contribution in [2.45, 2.75) is 26.3 Å². The molecule has 0 aliphatic carbocycles. The summed E-state index contributed by atoms with van der Waals surface area (Å²) < 4.78 is 0. The highest BCUT2D eigenvalue weighted by Gasteiger charge is 2.22. The quantitative estimate of drug-likeness (QED) is 0.711. The second kappa shape index (κ2) is 6.04. The molecule has 0 aliphatic rings. The van der Waals surface area contributed by atoms with Gasteiger partial charge in [0.2, 0.25) is 5.91 Å². The maximum absolute atomic E-state index is 11.6. The highest BCUT2D eigenvalue weighted by atomic mass is 16.4. The molecule has 1 unspecified atom stereocenters. The Balaban J connectivity index is 3.21. The number of carbonyl (C=O) groups excluding carboxylic acids is 1. The molecule has 0 heterocycles. The van der Waals surface area contributed by atoms with Crippen LogP contribution in [0.4, 0.5) is 0 Å². The number of carboxylic acids is 1. The summed E-state index contributed by atoms with van der Waals surface area (Å²) in [6.45, 7) is 6.88. The first-order chi connectivity index (χ1) is 8.88. The number of rotatable bonds is 5. The van der Waals surface area contributed by atoms with Crippen molar-refractivity contribution in [3.05, 3.63) is 41.5 Å². The third-order valence-electron chi connectivity index (χ3n) is 2.76. The molecule has 1 rings (SSSR count). The number of phenols is 1. The molecule has 5 heteroatoms. The van der Waals surface area contributed by atoms with Gasteiger partial charge in [0.15, 0.2) is 0 Å². The van der Waals surface area contributed by atoms with Crippen LogP contribution in [0, 0.1) is 0 Å². The average molecular weight is 263 g/mol. The van der Waals surface area contributed by atoms with Crippen molar-refractivity contribution < 1.29 is 19.8 Å². The molecular weight excluding hydrogens is 246 g/mol. The van der Waals surface area contributed by atoms with Gasteiger partial charge in [-0.3, -0.25) is 4.79 Å². The van der Waals surface area contributed by atoms with E-state index < -0.39 is 12.0 Å². The molecule has 0 saturated carbocycles. The summed E-state index contributed by atoms with van der Waals surface area (Å²) in [6, 6.07) is 3.68. The zero-order valence-electron chi connectivity index (χ0n) is 10.9. The van der Waals surface area contributed by atoms with Crippen molar-refractivity contribution in [3.8, 4) is 5.75 Å². The van der Waals surface area contributed by atoms with Crippen molar-refractivity contribution in [1.82, 2.24) is 5.32 Å². The van der Waals surface area contributed by atoms with Crippen molar-refractivity contribution in [2.75, 3.05) is 0 Å². The SMILES string of the molecule is C=C(C)C(=O)NC(CC)c1c(O)cccc1C(=O)O. The number of aromatic hydroxyl groups is 1. The maximum Gasteiger partial charge on any atom is 0.336 e. The number of amides is 1. The number of benzene rings is 1. The topological polar surface area (TPSA) is 86.6 Å². The van der Waals surface area contributed by atoms with E-state index in [2.05, 4.69) is 11.9 Å². The third kappa shape index (κ3) is 3.34. The molecule has 0 bridgehead atoms. The van der Waals surface area contributed by atoms with Gasteiger partial charge in [0, 0.05) is 11.1 Å². The molecule has 1 aromatic carbocycles. The van der Waals surface area contributed by atoms with Gasteiger partial charge in [0.05, 0.1) is 11.6 Å². The molecule has 0 fully saturated rings. The van der Waals surface area contributed by atoms with Crippen molar-refractivity contribution in [2.24, 2.45) is 0 Å². The van der Waals surface area contributed by atoms with Gasteiger partial charge in [0.25, 0.3) is 0 Å². The molecule has 0 aromatic heterocycles. The number of hydrogen-bond acceptors (Lipinski definition) is 3. The van der Waals surface area contributed by atoms with Crippen LogP contribution < -0.4 is 5.32 Å². The number of nitrogens with one attached hydrogen (secondary N) is 1. The normalized spacial score (nSPS) is 11.7. The van der Waals surface area contributed by atoms with Crippen LogP contribution in [0.1, 0.15) is 42.2 Å². The average Bonchev–Trinajstić information content (AvgIpc) is 2.35. The fourth-order valence-electron chi connectivity index (χ4n) is 1.77. The minimum atomic E-state index is -1.14. The van der Waals surface area contributed by atoms with Crippen molar-refractivity contribution in [1.29, 1.82) is 0 Å². The van der Waals surface area contributed by atoms with E-state index in [-0.39, 0.29) is 22.8 Å². The lowest BCUT2D eigenvalue weighted by molar-refractivity contribution is -0.118. The number of hydrogen-bond donors (Lipinski definition) is 3. The third-order valence-corrected chi connectivity index (χ3v) is 2.76. The zero-order valence-corrected chi connectivity index (χ0v) is 10.9. The first-order valence-electron chi connectivity index (χ1n) is 5.90. The summed E-state index contributed by atoms with van der Waals surface area (Å²) in [4.78, 5) is 22.8. The van der Waals surface area contributed by atoms with Crippen molar-refractivity contribution in [3.63, 3.8) is 0 Å². The number of phenolic OH excluding ortho intramolecular Hbond substituents is 1. The maximum atomic E-state index is 11.6. The molecule has 5 nitrogen and oxygen atoms in total. The predicted octanol–water partition coefficient (Wildman–Crippen LogP) is 2.23. The minimum absolute atomic E-state index is 0.0196. The van der Waals surface area contributed by atoms with Crippen LogP contribution in [0.5, 0.6) is 5.75 Å². The second-order valence-electron chi connectivity index (χ2n) is 4.26. The van der Waals surface area contributed by atoms with E-state index in [1.54, 1.807) is 13.8 Å². The summed E-state index contributed by atoms with van der Waals surface area (Å²) in [6.07, 6.45) is 0.455. The summed E-state index contributed by atoms with van der Waals surface area (Å²) in [7, 11) is 0. The largest absolute Gasteiger partial charge is 0.508 e. The zero-order chi connectivity index (χ0) is 14.6. The van der Waals surface area contributed by atoms with E-state index in [0.29, 0.717) is 12.0 Å². The van der Waals surface area contributed by atoms with E-state index in [0.717, 1.165) is 0 Å². The Morgan fingerprint density at radius 3 is 2.53 bits per heavy atom. The highest BCUT2D eigenvalue weighted by Crippen LogP contribution is 2.30. The first-order valence-corrected chi connectivity index (χ1v) is 5.90. The predicted molar refractivity (Wildman–Crippen MR) is 71.1 cm³/mol. The second-order valence-corrected chi connectivity index (χ2v) is 4.26. The molecule has 0 spiro atoms. The monoisotopic (exact) mass is 263 g/mol. The van der Waals surface area contributed by atoms with E-state index in [1.807, 2.05) is 0 Å². The lowest BCUT2D eigenvalue weighted by Crippen LogP contribution is -2.29. The summed E-state index contributed by atoms with van der Waals surface area (Å²) in [5.74, 6) is -1.66. The highest BCUT2D eigenvalue weighted by molar-refractivity contribution is 5.93. The first kappa shape index (κ1) is 14.8. The molecule has 0 radical (unpaired) electrons. The van der Waals surface area contributed by atoms with Crippen molar-refractivity contribution >= 4 is 11.9 Å². The van der Waals surface area contributed by atoms with Gasteiger partial charge in [-0.1, -0.05) is 19.6 Å². The smallest absolute Gasteiger partial charge is 0.336 e. The Kier molecular flexibility index (Phi) is 4.69. The van der Waals surface area contributed by atoms with Gasteiger partial charge in [-0.2, -0.15) is 0 Å². The Morgan fingerprint density at radius 1 is 1.42 bits per heavy atom.